The van der Waals surface area contributed by atoms with Gasteiger partial charge in [0.15, 0.2) is 11.6 Å². The summed E-state index contributed by atoms with van der Waals surface area (Å²) in [6, 6.07) is 0.282. The number of carbonyl (C=O) groups is 1. The zero-order valence-corrected chi connectivity index (χ0v) is 10.8. The van der Waals surface area contributed by atoms with Crippen LogP contribution < -0.4 is 5.73 Å². The predicted molar refractivity (Wildman–Crippen MR) is 63.0 cm³/mol. The number of hydrogen-bond acceptors (Lipinski definition) is 2. The minimum absolute atomic E-state index is 0.415. The first-order valence-corrected chi connectivity index (χ1v) is 5.65. The molecule has 0 radical (unpaired) electrons. The zero-order chi connectivity index (χ0) is 15.7. The first kappa shape index (κ1) is 16.2. The van der Waals surface area contributed by atoms with Crippen LogP contribution in [-0.4, -0.2) is 29.6 Å². The van der Waals surface area contributed by atoms with E-state index in [0.29, 0.717) is 17.0 Å². The van der Waals surface area contributed by atoms with Crippen LogP contribution in [0.2, 0.25) is 0 Å². The molecule has 0 unspecified atom stereocenters. The van der Waals surface area contributed by atoms with Crippen molar-refractivity contribution in [2.45, 2.75) is 26.1 Å². The molecule has 1 aromatic carbocycles. The third kappa shape index (κ3) is 3.82. The van der Waals surface area contributed by atoms with Gasteiger partial charge in [0.1, 0.15) is 6.54 Å². The standard InChI is InChI=1S/C12H13F5N2O/c1-6(2)19(5-12(15,16)17)11(20)7-3-8(13)9(14)4-10(7)18/h3-4,6H,5,18H2,1-2H3. The van der Waals surface area contributed by atoms with E-state index in [2.05, 4.69) is 0 Å². The lowest BCUT2D eigenvalue weighted by Crippen LogP contribution is -2.43. The largest absolute Gasteiger partial charge is 0.406 e. The predicted octanol–water partition coefficient (Wildman–Crippen LogP) is 2.96. The van der Waals surface area contributed by atoms with Crippen LogP contribution in [0.25, 0.3) is 0 Å². The summed E-state index contributed by atoms with van der Waals surface area (Å²) in [4.78, 5) is 12.5. The van der Waals surface area contributed by atoms with Crippen molar-refractivity contribution in [2.24, 2.45) is 0 Å². The van der Waals surface area contributed by atoms with Crippen LogP contribution >= 0.6 is 0 Å². The van der Waals surface area contributed by atoms with Gasteiger partial charge in [0.25, 0.3) is 5.91 Å². The molecule has 0 saturated heterocycles. The summed E-state index contributed by atoms with van der Waals surface area (Å²) in [5.74, 6) is -3.72. The second-order valence-corrected chi connectivity index (χ2v) is 4.50. The van der Waals surface area contributed by atoms with Crippen molar-refractivity contribution in [3.8, 4) is 0 Å². The van der Waals surface area contributed by atoms with Gasteiger partial charge in [0.05, 0.1) is 5.56 Å². The van der Waals surface area contributed by atoms with Gasteiger partial charge in [-0.15, -0.1) is 0 Å². The topological polar surface area (TPSA) is 46.3 Å². The number of anilines is 1. The zero-order valence-electron chi connectivity index (χ0n) is 10.8. The molecule has 0 heterocycles. The van der Waals surface area contributed by atoms with E-state index in [1.165, 1.54) is 13.8 Å². The summed E-state index contributed by atoms with van der Waals surface area (Å²) in [5, 5.41) is 0. The molecule has 0 aliphatic carbocycles. The van der Waals surface area contributed by atoms with Crippen molar-refractivity contribution in [1.82, 2.24) is 4.90 Å². The number of nitrogens with zero attached hydrogens (tertiary/aromatic N) is 1. The molecule has 0 aromatic heterocycles. The quantitative estimate of drug-likeness (QED) is 0.688. The number of halogens is 5. The highest BCUT2D eigenvalue weighted by atomic mass is 19.4. The van der Waals surface area contributed by atoms with Crippen LogP contribution in [0.3, 0.4) is 0 Å². The van der Waals surface area contributed by atoms with Gasteiger partial charge in [-0.05, 0) is 19.9 Å². The molecule has 1 aromatic rings. The Morgan fingerprint density at radius 3 is 2.20 bits per heavy atom. The fourth-order valence-electron chi connectivity index (χ4n) is 1.58. The van der Waals surface area contributed by atoms with Crippen molar-refractivity contribution in [3.05, 3.63) is 29.3 Å². The molecule has 0 aliphatic rings. The number of carbonyl (C=O) groups excluding carboxylic acids is 1. The van der Waals surface area contributed by atoms with Crippen molar-refractivity contribution in [2.75, 3.05) is 12.3 Å². The molecule has 0 bridgehead atoms. The van der Waals surface area contributed by atoms with Crippen LogP contribution in [0, 0.1) is 11.6 Å². The summed E-state index contributed by atoms with van der Waals surface area (Å²) >= 11 is 0. The summed E-state index contributed by atoms with van der Waals surface area (Å²) < 4.78 is 63.3. The van der Waals surface area contributed by atoms with E-state index in [1.54, 1.807) is 0 Å². The van der Waals surface area contributed by atoms with E-state index >= 15 is 0 Å². The number of hydrogen-bond donors (Lipinski definition) is 1. The molecule has 0 aliphatic heterocycles. The molecule has 0 atom stereocenters. The average molecular weight is 296 g/mol. The number of nitrogen functional groups attached to an aromatic ring is 1. The van der Waals surface area contributed by atoms with Gasteiger partial charge >= 0.3 is 6.18 Å². The Morgan fingerprint density at radius 2 is 1.75 bits per heavy atom. The molecule has 112 valence electrons. The second kappa shape index (κ2) is 5.64. The van der Waals surface area contributed by atoms with Gasteiger partial charge in [0.2, 0.25) is 0 Å². The van der Waals surface area contributed by atoms with Gasteiger partial charge in [-0.25, -0.2) is 8.78 Å². The van der Waals surface area contributed by atoms with Crippen LogP contribution in [0.1, 0.15) is 24.2 Å². The van der Waals surface area contributed by atoms with Crippen LogP contribution in [0.15, 0.2) is 12.1 Å². The third-order valence-corrected chi connectivity index (χ3v) is 2.56. The summed E-state index contributed by atoms with van der Waals surface area (Å²) in [6.07, 6.45) is -4.60. The van der Waals surface area contributed by atoms with Gasteiger partial charge in [0, 0.05) is 17.8 Å². The van der Waals surface area contributed by atoms with Crippen molar-refractivity contribution in [3.63, 3.8) is 0 Å². The van der Waals surface area contributed by atoms with Gasteiger partial charge in [-0.2, -0.15) is 13.2 Å². The molecule has 0 fully saturated rings. The molecular formula is C12H13F5N2O. The van der Waals surface area contributed by atoms with Gasteiger partial charge < -0.3 is 10.6 Å². The lowest BCUT2D eigenvalue weighted by molar-refractivity contribution is -0.143. The van der Waals surface area contributed by atoms with Crippen molar-refractivity contribution < 1.29 is 26.7 Å². The number of rotatable bonds is 3. The molecular weight excluding hydrogens is 283 g/mol. The molecule has 20 heavy (non-hydrogen) atoms. The van der Waals surface area contributed by atoms with Crippen molar-refractivity contribution >= 4 is 11.6 Å². The minimum Gasteiger partial charge on any atom is -0.398 e. The Hall–Kier alpha value is -1.86. The Labute approximate surface area is 112 Å². The van der Waals surface area contributed by atoms with E-state index in [0.717, 1.165) is 0 Å². The van der Waals surface area contributed by atoms with E-state index in [4.69, 9.17) is 5.73 Å². The molecule has 2 N–H and O–H groups in total. The highest BCUT2D eigenvalue weighted by Crippen LogP contribution is 2.23. The number of benzene rings is 1. The SMILES string of the molecule is CC(C)N(CC(F)(F)F)C(=O)c1cc(F)c(F)cc1N. The van der Waals surface area contributed by atoms with Crippen molar-refractivity contribution in [1.29, 1.82) is 0 Å². The van der Waals surface area contributed by atoms with E-state index < -0.39 is 47.6 Å². The molecule has 3 nitrogen and oxygen atoms in total. The third-order valence-electron chi connectivity index (χ3n) is 2.56. The van der Waals surface area contributed by atoms with Crippen LogP contribution in [0.4, 0.5) is 27.6 Å². The van der Waals surface area contributed by atoms with E-state index in [-0.39, 0.29) is 0 Å². The smallest absolute Gasteiger partial charge is 0.398 e. The summed E-state index contributed by atoms with van der Waals surface area (Å²) in [6.45, 7) is 1.25. The maximum Gasteiger partial charge on any atom is 0.406 e. The number of nitrogens with two attached hydrogens (primary N) is 1. The average Bonchev–Trinajstić information content (AvgIpc) is 2.28. The molecule has 0 spiro atoms. The van der Waals surface area contributed by atoms with E-state index in [9.17, 15) is 26.7 Å². The lowest BCUT2D eigenvalue weighted by atomic mass is 10.1. The fourth-order valence-corrected chi connectivity index (χ4v) is 1.58. The lowest BCUT2D eigenvalue weighted by Gasteiger charge is -2.28. The highest BCUT2D eigenvalue weighted by Gasteiger charge is 2.35. The van der Waals surface area contributed by atoms with Crippen LogP contribution in [0.5, 0.6) is 0 Å². The Bertz CT molecular complexity index is 513. The normalized spacial score (nSPS) is 11.8. The monoisotopic (exact) mass is 296 g/mol. The Balaban J connectivity index is 3.16. The minimum atomic E-state index is -4.60. The molecule has 8 heteroatoms. The summed E-state index contributed by atoms with van der Waals surface area (Å²) in [7, 11) is 0. The fraction of sp³-hybridized carbons (Fsp3) is 0.417. The maximum atomic E-state index is 13.1. The highest BCUT2D eigenvalue weighted by molar-refractivity contribution is 5.99. The second-order valence-electron chi connectivity index (χ2n) is 4.50. The van der Waals surface area contributed by atoms with E-state index in [1.807, 2.05) is 0 Å². The Kier molecular flexibility index (Phi) is 4.57. The summed E-state index contributed by atoms with van der Waals surface area (Å²) in [5.41, 5.74) is 4.44. The molecule has 0 saturated carbocycles. The van der Waals surface area contributed by atoms with Gasteiger partial charge in [-0.1, -0.05) is 0 Å². The Morgan fingerprint density at radius 1 is 1.25 bits per heavy atom. The first-order valence-electron chi connectivity index (χ1n) is 5.65. The molecule has 1 rings (SSSR count). The van der Waals surface area contributed by atoms with Gasteiger partial charge in [-0.3, -0.25) is 4.79 Å². The number of amides is 1. The molecule has 1 amide bonds. The maximum absolute atomic E-state index is 13.1. The number of alkyl halides is 3. The van der Waals surface area contributed by atoms with Crippen LogP contribution in [-0.2, 0) is 0 Å². The first-order chi connectivity index (χ1) is 9.03.